The molecule has 0 atom stereocenters. The van der Waals surface area contributed by atoms with Gasteiger partial charge in [0.2, 0.25) is 5.78 Å². The Hall–Kier alpha value is -2.60. The predicted octanol–water partition coefficient (Wildman–Crippen LogP) is 2.26. The predicted molar refractivity (Wildman–Crippen MR) is 84.7 cm³/mol. The fourth-order valence-corrected chi connectivity index (χ4v) is 3.73. The average Bonchev–Trinajstić information content (AvgIpc) is 2.51. The Balaban J connectivity index is 1.86. The summed E-state index contributed by atoms with van der Waals surface area (Å²) in [4.78, 5) is 12.1. The average molecular weight is 314 g/mol. The van der Waals surface area contributed by atoms with E-state index >= 15 is 0 Å². The van der Waals surface area contributed by atoms with E-state index in [-0.39, 0.29) is 10.7 Å². The maximum Gasteiger partial charge on any atom is 0.206 e. The minimum atomic E-state index is -3.63. The van der Waals surface area contributed by atoms with Crippen LogP contribution in [0.3, 0.4) is 0 Å². The zero-order valence-corrected chi connectivity index (χ0v) is 12.4. The third-order valence-electron chi connectivity index (χ3n) is 3.36. The summed E-state index contributed by atoms with van der Waals surface area (Å²) in [5.41, 5.74) is 7.25. The Morgan fingerprint density at radius 1 is 0.955 bits per heavy atom. The van der Waals surface area contributed by atoms with E-state index in [2.05, 4.69) is 10.9 Å². The van der Waals surface area contributed by atoms with E-state index in [4.69, 9.17) is 0 Å². The standard InChI is InChI=1S/C16H14N2O3S/c19-16-14-9-5-4-6-12(14)11-22(20,21)15(16)10-17-18-13-7-2-1-3-8-13/h1-10,17-18H,11H2. The van der Waals surface area contributed by atoms with Crippen molar-refractivity contribution in [2.45, 2.75) is 5.75 Å². The number of Topliss-reactive ketones (excluding diaryl/α,β-unsaturated/α-hetero) is 1. The molecule has 1 heterocycles. The van der Waals surface area contributed by atoms with Crippen LogP contribution in [0.1, 0.15) is 15.9 Å². The fraction of sp³-hybridized carbons (Fsp3) is 0.0625. The van der Waals surface area contributed by atoms with Gasteiger partial charge in [0, 0.05) is 11.8 Å². The van der Waals surface area contributed by atoms with Gasteiger partial charge in [-0.2, -0.15) is 0 Å². The van der Waals surface area contributed by atoms with Crippen LogP contribution in [0.5, 0.6) is 0 Å². The number of allylic oxidation sites excluding steroid dienone is 1. The van der Waals surface area contributed by atoms with Crippen LogP contribution in [0.15, 0.2) is 65.7 Å². The quantitative estimate of drug-likeness (QED) is 0.671. The lowest BCUT2D eigenvalue weighted by molar-refractivity contribution is 0.103. The molecule has 0 aromatic heterocycles. The van der Waals surface area contributed by atoms with E-state index in [0.717, 1.165) is 5.69 Å². The molecule has 0 fully saturated rings. The van der Waals surface area contributed by atoms with Gasteiger partial charge in [0.05, 0.1) is 11.4 Å². The van der Waals surface area contributed by atoms with E-state index in [9.17, 15) is 13.2 Å². The molecule has 0 spiro atoms. The van der Waals surface area contributed by atoms with Gasteiger partial charge in [0.1, 0.15) is 4.91 Å². The van der Waals surface area contributed by atoms with Gasteiger partial charge in [-0.1, -0.05) is 42.5 Å². The molecule has 0 amide bonds. The van der Waals surface area contributed by atoms with Crippen LogP contribution in [-0.2, 0) is 15.6 Å². The summed E-state index contributed by atoms with van der Waals surface area (Å²) in [6.45, 7) is 0. The second-order valence-electron chi connectivity index (χ2n) is 4.89. The highest BCUT2D eigenvalue weighted by Gasteiger charge is 2.33. The van der Waals surface area contributed by atoms with Crippen molar-refractivity contribution in [1.29, 1.82) is 0 Å². The number of anilines is 1. The summed E-state index contributed by atoms with van der Waals surface area (Å²) < 4.78 is 24.5. The van der Waals surface area contributed by atoms with Crippen molar-refractivity contribution in [3.8, 4) is 0 Å². The molecule has 22 heavy (non-hydrogen) atoms. The van der Waals surface area contributed by atoms with Gasteiger partial charge in [-0.3, -0.25) is 4.79 Å². The van der Waals surface area contributed by atoms with Crippen LogP contribution in [0.2, 0.25) is 0 Å². The fourth-order valence-electron chi connectivity index (χ4n) is 2.29. The van der Waals surface area contributed by atoms with Crippen LogP contribution in [0, 0.1) is 0 Å². The second-order valence-corrected chi connectivity index (χ2v) is 6.85. The van der Waals surface area contributed by atoms with E-state index in [1.807, 2.05) is 30.3 Å². The monoisotopic (exact) mass is 314 g/mol. The number of fused-ring (bicyclic) bond motifs is 1. The molecular formula is C16H14N2O3S. The van der Waals surface area contributed by atoms with Crippen molar-refractivity contribution >= 4 is 21.3 Å². The van der Waals surface area contributed by atoms with E-state index in [1.165, 1.54) is 6.20 Å². The Morgan fingerprint density at radius 3 is 2.41 bits per heavy atom. The second kappa shape index (κ2) is 5.65. The summed E-state index contributed by atoms with van der Waals surface area (Å²) in [6.07, 6.45) is 1.21. The molecular weight excluding hydrogens is 300 g/mol. The number of hydrogen-bond acceptors (Lipinski definition) is 5. The van der Waals surface area contributed by atoms with Crippen molar-refractivity contribution in [1.82, 2.24) is 5.43 Å². The molecule has 5 nitrogen and oxygen atoms in total. The molecule has 0 saturated carbocycles. The largest absolute Gasteiger partial charge is 0.307 e. The van der Waals surface area contributed by atoms with Crippen LogP contribution >= 0.6 is 0 Å². The number of ketones is 1. The van der Waals surface area contributed by atoms with Crippen molar-refractivity contribution in [3.63, 3.8) is 0 Å². The molecule has 1 aliphatic heterocycles. The summed E-state index contributed by atoms with van der Waals surface area (Å²) in [6, 6.07) is 16.0. The first kappa shape index (κ1) is 14.3. The maximum absolute atomic E-state index is 12.4. The molecule has 2 N–H and O–H groups in total. The van der Waals surface area contributed by atoms with Crippen LogP contribution in [0.25, 0.3) is 0 Å². The van der Waals surface area contributed by atoms with Gasteiger partial charge >= 0.3 is 0 Å². The minimum absolute atomic E-state index is 0.159. The topological polar surface area (TPSA) is 75.3 Å². The number of sulfone groups is 1. The van der Waals surface area contributed by atoms with Crippen molar-refractivity contribution in [2.24, 2.45) is 0 Å². The van der Waals surface area contributed by atoms with Gasteiger partial charge in [0.15, 0.2) is 9.84 Å². The number of hydrazine groups is 1. The normalized spacial score (nSPS) is 17.8. The first-order chi connectivity index (χ1) is 10.6. The van der Waals surface area contributed by atoms with Crippen molar-refractivity contribution in [3.05, 3.63) is 76.8 Å². The lowest BCUT2D eigenvalue weighted by Crippen LogP contribution is -2.26. The Bertz CT molecular complexity index is 843. The summed E-state index contributed by atoms with van der Waals surface area (Å²) in [5.74, 6) is -0.641. The highest BCUT2D eigenvalue weighted by atomic mass is 32.2. The van der Waals surface area contributed by atoms with E-state index in [0.29, 0.717) is 11.1 Å². The number of carbonyl (C=O) groups is 1. The lowest BCUT2D eigenvalue weighted by Gasteiger charge is -2.18. The number of rotatable bonds is 3. The molecule has 6 heteroatoms. The molecule has 0 bridgehead atoms. The summed E-state index contributed by atoms with van der Waals surface area (Å²) in [5, 5.41) is 0. The third kappa shape index (κ3) is 2.73. The highest BCUT2D eigenvalue weighted by Crippen LogP contribution is 2.27. The molecule has 3 rings (SSSR count). The number of carbonyl (C=O) groups excluding carboxylic acids is 1. The highest BCUT2D eigenvalue weighted by molar-refractivity contribution is 7.95. The van der Waals surface area contributed by atoms with Crippen LogP contribution in [-0.4, -0.2) is 14.2 Å². The van der Waals surface area contributed by atoms with Crippen LogP contribution < -0.4 is 10.9 Å². The summed E-state index contributed by atoms with van der Waals surface area (Å²) >= 11 is 0. The molecule has 112 valence electrons. The summed E-state index contributed by atoms with van der Waals surface area (Å²) in [7, 11) is -3.63. The Morgan fingerprint density at radius 2 is 1.64 bits per heavy atom. The number of hydrogen-bond donors (Lipinski definition) is 2. The zero-order valence-electron chi connectivity index (χ0n) is 11.6. The van der Waals surface area contributed by atoms with Crippen molar-refractivity contribution < 1.29 is 13.2 Å². The van der Waals surface area contributed by atoms with Crippen molar-refractivity contribution in [2.75, 3.05) is 5.43 Å². The molecule has 2 aromatic carbocycles. The Kier molecular flexibility index (Phi) is 3.68. The van der Waals surface area contributed by atoms with E-state index in [1.54, 1.807) is 24.3 Å². The minimum Gasteiger partial charge on any atom is -0.307 e. The van der Waals surface area contributed by atoms with Gasteiger partial charge in [-0.05, 0) is 17.7 Å². The zero-order chi connectivity index (χ0) is 15.6. The van der Waals surface area contributed by atoms with Gasteiger partial charge < -0.3 is 10.9 Å². The molecule has 0 radical (unpaired) electrons. The molecule has 2 aromatic rings. The van der Waals surface area contributed by atoms with Crippen LogP contribution in [0.4, 0.5) is 5.69 Å². The number of nitrogens with one attached hydrogen (secondary N) is 2. The SMILES string of the molecule is O=C1C(=CNNc2ccccc2)S(=O)(=O)Cc2ccccc21. The van der Waals surface area contributed by atoms with Gasteiger partial charge in [-0.25, -0.2) is 8.42 Å². The molecule has 0 unspecified atom stereocenters. The molecule has 1 aliphatic rings. The third-order valence-corrected chi connectivity index (χ3v) is 5.02. The molecule has 0 saturated heterocycles. The number of para-hydroxylation sites is 1. The first-order valence-electron chi connectivity index (χ1n) is 6.70. The lowest BCUT2D eigenvalue weighted by atomic mass is 10.0. The van der Waals surface area contributed by atoms with E-state index < -0.39 is 15.6 Å². The van der Waals surface area contributed by atoms with Gasteiger partial charge in [0.25, 0.3) is 0 Å². The smallest absolute Gasteiger partial charge is 0.206 e. The maximum atomic E-state index is 12.4. The Labute approximate surface area is 128 Å². The number of benzene rings is 2. The van der Waals surface area contributed by atoms with Gasteiger partial charge in [-0.15, -0.1) is 0 Å². The first-order valence-corrected chi connectivity index (χ1v) is 8.35. The molecule has 0 aliphatic carbocycles.